The zero-order valence-corrected chi connectivity index (χ0v) is 14.0. The number of ether oxygens (including phenoxy) is 1. The Hall–Kier alpha value is -2.58. The van der Waals surface area contributed by atoms with E-state index >= 15 is 0 Å². The van der Waals surface area contributed by atoms with Gasteiger partial charge < -0.3 is 25.2 Å². The molecule has 144 valence electrons. The Labute approximate surface area is 154 Å². The standard InChI is InChI=1S/C13H11BF3N3O6S/c15-13(16,17)26-8-2-1-6(3-7(8)14(24)25)5-18-20-12-19-11(23)9(27-12)4-10(21)22/h1-3,5,9,24-25H,4H2,(H,21,22)(H,19,20,23). The van der Waals surface area contributed by atoms with Gasteiger partial charge in [-0.2, -0.15) is 5.10 Å². The van der Waals surface area contributed by atoms with Crippen LogP contribution in [0.1, 0.15) is 12.0 Å². The minimum Gasteiger partial charge on any atom is -0.481 e. The SMILES string of the molecule is O=C(O)CC1SC(=NN=Cc2ccc(OC(F)(F)F)c(B(O)O)c2)NC1=O. The van der Waals surface area contributed by atoms with Gasteiger partial charge in [0.25, 0.3) is 0 Å². The van der Waals surface area contributed by atoms with E-state index in [4.69, 9.17) is 5.11 Å². The highest BCUT2D eigenvalue weighted by molar-refractivity contribution is 8.15. The molecule has 27 heavy (non-hydrogen) atoms. The van der Waals surface area contributed by atoms with Crippen LogP contribution in [0.4, 0.5) is 13.2 Å². The molecule has 1 heterocycles. The lowest BCUT2D eigenvalue weighted by atomic mass is 9.79. The summed E-state index contributed by atoms with van der Waals surface area (Å²) in [5, 5.41) is 35.9. The van der Waals surface area contributed by atoms with Crippen molar-refractivity contribution in [3.63, 3.8) is 0 Å². The number of benzene rings is 1. The highest BCUT2D eigenvalue weighted by atomic mass is 32.2. The van der Waals surface area contributed by atoms with E-state index in [1.807, 2.05) is 0 Å². The average Bonchev–Trinajstić information content (AvgIpc) is 2.86. The maximum Gasteiger partial charge on any atom is 0.573 e. The molecular formula is C13H11BF3N3O6S. The second-order valence-electron chi connectivity index (χ2n) is 5.06. The molecule has 1 aliphatic rings. The van der Waals surface area contributed by atoms with Gasteiger partial charge in [-0.15, -0.1) is 18.3 Å². The van der Waals surface area contributed by atoms with Crippen molar-refractivity contribution in [1.29, 1.82) is 0 Å². The molecule has 1 aromatic carbocycles. The molecule has 1 aliphatic heterocycles. The first-order valence-electron chi connectivity index (χ1n) is 7.11. The summed E-state index contributed by atoms with van der Waals surface area (Å²) in [5.41, 5.74) is -0.359. The number of hydrogen-bond donors (Lipinski definition) is 4. The van der Waals surface area contributed by atoms with Crippen molar-refractivity contribution in [2.75, 3.05) is 0 Å². The maximum absolute atomic E-state index is 12.3. The zero-order valence-electron chi connectivity index (χ0n) is 13.2. The third kappa shape index (κ3) is 6.27. The van der Waals surface area contributed by atoms with E-state index in [9.17, 15) is 32.8 Å². The molecule has 1 atom stereocenters. The van der Waals surface area contributed by atoms with E-state index in [-0.39, 0.29) is 10.7 Å². The summed E-state index contributed by atoms with van der Waals surface area (Å²) < 4.78 is 40.6. The third-order valence-corrected chi connectivity index (χ3v) is 4.10. The van der Waals surface area contributed by atoms with Crippen LogP contribution >= 0.6 is 11.8 Å². The number of nitrogens with one attached hydrogen (secondary N) is 1. The quantitative estimate of drug-likeness (QED) is 0.288. The van der Waals surface area contributed by atoms with Gasteiger partial charge in [-0.05, 0) is 23.8 Å². The van der Waals surface area contributed by atoms with Crippen LogP contribution in [0.3, 0.4) is 0 Å². The fourth-order valence-electron chi connectivity index (χ4n) is 1.96. The van der Waals surface area contributed by atoms with Crippen LogP contribution in [0.2, 0.25) is 0 Å². The third-order valence-electron chi connectivity index (χ3n) is 3.03. The number of halogens is 3. The van der Waals surface area contributed by atoms with E-state index in [2.05, 4.69) is 20.3 Å². The summed E-state index contributed by atoms with van der Waals surface area (Å²) in [6.45, 7) is 0. The van der Waals surface area contributed by atoms with Crippen LogP contribution in [0.25, 0.3) is 0 Å². The Bertz CT molecular complexity index is 802. The molecule has 1 fully saturated rings. The molecule has 1 amide bonds. The predicted molar refractivity (Wildman–Crippen MR) is 89.8 cm³/mol. The average molecular weight is 405 g/mol. The Kier molecular flexibility index (Phi) is 6.46. The van der Waals surface area contributed by atoms with E-state index in [0.717, 1.165) is 30.1 Å². The Balaban J connectivity index is 2.12. The fraction of sp³-hybridized carbons (Fsp3) is 0.231. The number of carbonyl (C=O) groups excluding carboxylic acids is 1. The molecule has 0 spiro atoms. The van der Waals surface area contributed by atoms with Gasteiger partial charge in [-0.25, -0.2) is 0 Å². The topological polar surface area (TPSA) is 141 Å². The monoisotopic (exact) mass is 405 g/mol. The summed E-state index contributed by atoms with van der Waals surface area (Å²) in [7, 11) is -2.22. The van der Waals surface area contributed by atoms with Crippen LogP contribution in [-0.4, -0.2) is 57.1 Å². The minimum atomic E-state index is -5.00. The number of rotatable bonds is 6. The molecule has 0 bridgehead atoms. The summed E-state index contributed by atoms with van der Waals surface area (Å²) >= 11 is 0.869. The Morgan fingerprint density at radius 3 is 2.70 bits per heavy atom. The molecule has 0 radical (unpaired) electrons. The Morgan fingerprint density at radius 1 is 1.41 bits per heavy atom. The minimum absolute atomic E-state index is 0.0574. The molecule has 1 saturated heterocycles. The van der Waals surface area contributed by atoms with Gasteiger partial charge in [0.05, 0.1) is 12.6 Å². The van der Waals surface area contributed by atoms with Crippen LogP contribution in [0, 0.1) is 0 Å². The van der Waals surface area contributed by atoms with Gasteiger partial charge in [0, 0.05) is 5.46 Å². The molecule has 0 aromatic heterocycles. The number of amidine groups is 1. The lowest BCUT2D eigenvalue weighted by molar-refractivity contribution is -0.274. The van der Waals surface area contributed by atoms with Gasteiger partial charge in [0.1, 0.15) is 11.0 Å². The van der Waals surface area contributed by atoms with Crippen LogP contribution in [0.5, 0.6) is 5.75 Å². The van der Waals surface area contributed by atoms with Gasteiger partial charge in [-0.1, -0.05) is 11.8 Å². The largest absolute Gasteiger partial charge is 0.573 e. The van der Waals surface area contributed by atoms with Crippen molar-refractivity contribution in [3.05, 3.63) is 23.8 Å². The number of alkyl halides is 3. The van der Waals surface area contributed by atoms with Crippen LogP contribution < -0.4 is 15.5 Å². The Morgan fingerprint density at radius 2 is 2.11 bits per heavy atom. The fourth-order valence-corrected chi connectivity index (χ4v) is 2.87. The van der Waals surface area contributed by atoms with Crippen LogP contribution in [-0.2, 0) is 9.59 Å². The first kappa shape index (κ1) is 20.7. The number of carboxylic acids is 1. The zero-order chi connectivity index (χ0) is 20.2. The van der Waals surface area contributed by atoms with Crippen molar-refractivity contribution in [1.82, 2.24) is 5.32 Å². The number of carboxylic acid groups (broad SMARTS) is 1. The van der Waals surface area contributed by atoms with Gasteiger partial charge in [0.15, 0.2) is 5.17 Å². The van der Waals surface area contributed by atoms with Crippen molar-refractivity contribution in [3.8, 4) is 5.75 Å². The van der Waals surface area contributed by atoms with Gasteiger partial charge >= 0.3 is 19.5 Å². The molecule has 4 N–H and O–H groups in total. The molecule has 9 nitrogen and oxygen atoms in total. The van der Waals surface area contributed by atoms with E-state index in [1.165, 1.54) is 6.07 Å². The van der Waals surface area contributed by atoms with Gasteiger partial charge in [0.2, 0.25) is 5.91 Å². The normalized spacial score (nSPS) is 18.8. The van der Waals surface area contributed by atoms with Crippen molar-refractivity contribution < 1.29 is 42.7 Å². The molecule has 0 aliphatic carbocycles. The highest BCUT2D eigenvalue weighted by Crippen LogP contribution is 2.23. The first-order chi connectivity index (χ1) is 12.5. The smallest absolute Gasteiger partial charge is 0.481 e. The second kappa shape index (κ2) is 8.41. The first-order valence-corrected chi connectivity index (χ1v) is 7.99. The summed E-state index contributed by atoms with van der Waals surface area (Å²) in [4.78, 5) is 22.2. The number of hydrogen-bond acceptors (Lipinski definition) is 8. The molecule has 0 saturated carbocycles. The molecule has 1 aromatic rings. The number of thioether (sulfide) groups is 1. The summed E-state index contributed by atoms with van der Waals surface area (Å²) in [6, 6.07) is 3.05. The highest BCUT2D eigenvalue weighted by Gasteiger charge is 2.34. The molecule has 2 rings (SSSR count). The van der Waals surface area contributed by atoms with E-state index in [1.54, 1.807) is 0 Å². The van der Waals surface area contributed by atoms with E-state index in [0.29, 0.717) is 0 Å². The molecule has 14 heteroatoms. The lowest BCUT2D eigenvalue weighted by Crippen LogP contribution is -2.34. The molecule has 1 unspecified atom stereocenters. The molecular weight excluding hydrogens is 394 g/mol. The number of amides is 1. The van der Waals surface area contributed by atoms with Crippen LogP contribution in [0.15, 0.2) is 28.4 Å². The second-order valence-corrected chi connectivity index (χ2v) is 6.25. The van der Waals surface area contributed by atoms with Crippen molar-refractivity contribution in [2.24, 2.45) is 10.2 Å². The number of aliphatic carboxylic acids is 1. The van der Waals surface area contributed by atoms with Crippen molar-refractivity contribution >= 4 is 47.6 Å². The summed E-state index contributed by atoms with van der Waals surface area (Å²) in [5.74, 6) is -2.46. The predicted octanol–water partition coefficient (Wildman–Crippen LogP) is -0.339. The lowest BCUT2D eigenvalue weighted by Gasteiger charge is -2.13. The van der Waals surface area contributed by atoms with Crippen molar-refractivity contribution in [2.45, 2.75) is 18.0 Å². The maximum atomic E-state index is 12.3. The number of nitrogens with zero attached hydrogens (tertiary/aromatic N) is 2. The summed E-state index contributed by atoms with van der Waals surface area (Å²) in [6.07, 6.45) is -4.30. The number of carbonyl (C=O) groups is 2. The van der Waals surface area contributed by atoms with Gasteiger partial charge in [-0.3, -0.25) is 9.59 Å². The van der Waals surface area contributed by atoms with E-state index < -0.39 is 48.2 Å².